The van der Waals surface area contributed by atoms with Crippen LogP contribution in [0.4, 0.5) is 0 Å². The molecule has 1 aliphatic carbocycles. The van der Waals surface area contributed by atoms with Crippen LogP contribution in [0.25, 0.3) is 0 Å². The summed E-state index contributed by atoms with van der Waals surface area (Å²) < 4.78 is 4.69. The van der Waals surface area contributed by atoms with Crippen LogP contribution < -0.4 is 0 Å². The van der Waals surface area contributed by atoms with Gasteiger partial charge >= 0.3 is 5.97 Å². The third-order valence-corrected chi connectivity index (χ3v) is 4.72. The van der Waals surface area contributed by atoms with Crippen LogP contribution in [-0.4, -0.2) is 35.5 Å². The van der Waals surface area contributed by atoms with Crippen LogP contribution in [0.3, 0.4) is 0 Å². The molecule has 2 fully saturated rings. The lowest BCUT2D eigenvalue weighted by Crippen LogP contribution is -2.42. The summed E-state index contributed by atoms with van der Waals surface area (Å²) in [7, 11) is 1.39. The minimum atomic E-state index is -0.321. The fourth-order valence-electron chi connectivity index (χ4n) is 3.72. The monoisotopic (exact) mass is 274 g/mol. The zero-order valence-corrected chi connectivity index (χ0v) is 12.0. The lowest BCUT2D eigenvalue weighted by molar-refractivity contribution is 0.0600. The van der Waals surface area contributed by atoms with Gasteiger partial charge in [0, 0.05) is 18.8 Å². The molecule has 1 saturated carbocycles. The number of rotatable bonds is 3. The minimum absolute atomic E-state index is 0.321. The van der Waals surface area contributed by atoms with Gasteiger partial charge in [-0.25, -0.2) is 4.79 Å². The largest absolute Gasteiger partial charge is 0.465 e. The maximum atomic E-state index is 11.4. The number of fused-ring (bicyclic) bond motifs is 1. The SMILES string of the molecule is COC(=O)c1ccc(CN2CCCC3CCCC32)nc1. The van der Waals surface area contributed by atoms with Crippen molar-refractivity contribution in [2.75, 3.05) is 13.7 Å². The molecule has 0 spiro atoms. The molecule has 1 aromatic heterocycles. The second kappa shape index (κ2) is 5.92. The molecule has 108 valence electrons. The number of carbonyl (C=O) groups excluding carboxylic acids is 1. The number of nitrogens with zero attached hydrogens (tertiary/aromatic N) is 2. The van der Waals surface area contributed by atoms with Gasteiger partial charge in [0.15, 0.2) is 0 Å². The van der Waals surface area contributed by atoms with E-state index in [1.165, 1.54) is 45.8 Å². The van der Waals surface area contributed by atoms with Crippen molar-refractivity contribution in [2.24, 2.45) is 5.92 Å². The zero-order chi connectivity index (χ0) is 13.9. The minimum Gasteiger partial charge on any atom is -0.465 e. The number of piperidine rings is 1. The normalized spacial score (nSPS) is 26.2. The first-order valence-corrected chi connectivity index (χ1v) is 7.55. The first-order valence-electron chi connectivity index (χ1n) is 7.55. The maximum absolute atomic E-state index is 11.4. The molecule has 0 radical (unpaired) electrons. The highest BCUT2D eigenvalue weighted by atomic mass is 16.5. The summed E-state index contributed by atoms with van der Waals surface area (Å²) in [5.74, 6) is 0.580. The number of hydrogen-bond donors (Lipinski definition) is 0. The number of esters is 1. The van der Waals surface area contributed by atoms with E-state index in [0.29, 0.717) is 5.56 Å². The van der Waals surface area contributed by atoms with Gasteiger partial charge in [0.1, 0.15) is 0 Å². The molecular formula is C16H22N2O2. The van der Waals surface area contributed by atoms with E-state index in [4.69, 9.17) is 4.74 Å². The molecule has 1 aliphatic heterocycles. The standard InChI is InChI=1S/C16H22N2O2/c1-20-16(19)13-7-8-14(17-10-13)11-18-9-3-5-12-4-2-6-15(12)18/h7-8,10,12,15H,2-6,9,11H2,1H3. The van der Waals surface area contributed by atoms with Gasteiger partial charge in [0.05, 0.1) is 18.4 Å². The van der Waals surface area contributed by atoms with Gasteiger partial charge in [0.25, 0.3) is 0 Å². The molecule has 0 amide bonds. The Kier molecular flexibility index (Phi) is 4.01. The van der Waals surface area contributed by atoms with E-state index in [2.05, 4.69) is 9.88 Å². The maximum Gasteiger partial charge on any atom is 0.339 e. The van der Waals surface area contributed by atoms with E-state index >= 15 is 0 Å². The zero-order valence-electron chi connectivity index (χ0n) is 12.0. The molecular weight excluding hydrogens is 252 g/mol. The number of pyridine rings is 1. The van der Waals surface area contributed by atoms with E-state index in [1.807, 2.05) is 12.1 Å². The summed E-state index contributed by atoms with van der Waals surface area (Å²) in [6.45, 7) is 2.09. The van der Waals surface area contributed by atoms with Crippen LogP contribution >= 0.6 is 0 Å². The molecule has 2 aliphatic rings. The Bertz CT molecular complexity index is 472. The molecule has 2 unspecified atom stereocenters. The van der Waals surface area contributed by atoms with Gasteiger partial charge < -0.3 is 4.74 Å². The lowest BCUT2D eigenvalue weighted by Gasteiger charge is -2.37. The van der Waals surface area contributed by atoms with Gasteiger partial charge in [-0.1, -0.05) is 6.42 Å². The molecule has 2 atom stereocenters. The molecule has 4 nitrogen and oxygen atoms in total. The van der Waals surface area contributed by atoms with E-state index in [9.17, 15) is 4.79 Å². The van der Waals surface area contributed by atoms with Crippen LogP contribution in [0, 0.1) is 5.92 Å². The molecule has 0 aromatic carbocycles. The van der Waals surface area contributed by atoms with Crippen LogP contribution in [0.15, 0.2) is 18.3 Å². The van der Waals surface area contributed by atoms with Gasteiger partial charge in [0.2, 0.25) is 0 Å². The van der Waals surface area contributed by atoms with Gasteiger partial charge in [-0.3, -0.25) is 9.88 Å². The highest BCUT2D eigenvalue weighted by Gasteiger charge is 2.34. The lowest BCUT2D eigenvalue weighted by atomic mass is 9.92. The van der Waals surface area contributed by atoms with E-state index in [1.54, 1.807) is 6.20 Å². The summed E-state index contributed by atoms with van der Waals surface area (Å²) in [6, 6.07) is 4.51. The smallest absolute Gasteiger partial charge is 0.339 e. The molecule has 0 N–H and O–H groups in total. The molecule has 4 heteroatoms. The second-order valence-corrected chi connectivity index (χ2v) is 5.90. The number of likely N-dealkylation sites (tertiary alicyclic amines) is 1. The van der Waals surface area contributed by atoms with Crippen molar-refractivity contribution in [1.29, 1.82) is 0 Å². The number of hydrogen-bond acceptors (Lipinski definition) is 4. The highest BCUT2D eigenvalue weighted by Crippen LogP contribution is 2.37. The number of ether oxygens (including phenoxy) is 1. The van der Waals surface area contributed by atoms with Crippen LogP contribution in [-0.2, 0) is 11.3 Å². The Labute approximate surface area is 120 Å². The van der Waals surface area contributed by atoms with Crippen molar-refractivity contribution in [3.8, 4) is 0 Å². The molecule has 1 saturated heterocycles. The van der Waals surface area contributed by atoms with Gasteiger partial charge in [-0.05, 0) is 50.3 Å². The first-order chi connectivity index (χ1) is 9.78. The fourth-order valence-corrected chi connectivity index (χ4v) is 3.72. The van der Waals surface area contributed by atoms with E-state index in [-0.39, 0.29) is 5.97 Å². The molecule has 0 bridgehead atoms. The van der Waals surface area contributed by atoms with E-state index < -0.39 is 0 Å². The van der Waals surface area contributed by atoms with Crippen molar-refractivity contribution in [2.45, 2.75) is 44.7 Å². The highest BCUT2D eigenvalue weighted by molar-refractivity contribution is 5.88. The predicted octanol–water partition coefficient (Wildman–Crippen LogP) is 2.63. The van der Waals surface area contributed by atoms with Crippen molar-refractivity contribution in [3.05, 3.63) is 29.6 Å². The van der Waals surface area contributed by atoms with Gasteiger partial charge in [-0.2, -0.15) is 0 Å². The van der Waals surface area contributed by atoms with Gasteiger partial charge in [-0.15, -0.1) is 0 Å². The van der Waals surface area contributed by atoms with Crippen LogP contribution in [0.1, 0.15) is 48.2 Å². The van der Waals surface area contributed by atoms with Crippen LogP contribution in [0.5, 0.6) is 0 Å². The Morgan fingerprint density at radius 3 is 2.95 bits per heavy atom. The fraction of sp³-hybridized carbons (Fsp3) is 0.625. The number of carbonyl (C=O) groups is 1. The molecule has 20 heavy (non-hydrogen) atoms. The summed E-state index contributed by atoms with van der Waals surface area (Å²) in [4.78, 5) is 18.4. The van der Waals surface area contributed by atoms with Crippen molar-refractivity contribution in [3.63, 3.8) is 0 Å². The molecule has 3 rings (SSSR count). The quantitative estimate of drug-likeness (QED) is 0.795. The molecule has 1 aromatic rings. The first kappa shape index (κ1) is 13.6. The number of aromatic nitrogens is 1. The average Bonchev–Trinajstić information content (AvgIpc) is 2.97. The Hall–Kier alpha value is -1.42. The Balaban J connectivity index is 1.66. The average molecular weight is 274 g/mol. The van der Waals surface area contributed by atoms with Crippen molar-refractivity contribution >= 4 is 5.97 Å². The summed E-state index contributed by atoms with van der Waals surface area (Å²) >= 11 is 0. The summed E-state index contributed by atoms with van der Waals surface area (Å²) in [5, 5.41) is 0. The summed E-state index contributed by atoms with van der Waals surface area (Å²) in [5.41, 5.74) is 1.57. The third-order valence-electron chi connectivity index (χ3n) is 4.72. The topological polar surface area (TPSA) is 42.4 Å². The van der Waals surface area contributed by atoms with Crippen LogP contribution in [0.2, 0.25) is 0 Å². The second-order valence-electron chi connectivity index (χ2n) is 5.90. The van der Waals surface area contributed by atoms with E-state index in [0.717, 1.165) is 24.2 Å². The molecule has 2 heterocycles. The number of methoxy groups -OCH3 is 1. The van der Waals surface area contributed by atoms with Crippen molar-refractivity contribution in [1.82, 2.24) is 9.88 Å². The third kappa shape index (κ3) is 2.70. The predicted molar refractivity (Wildman–Crippen MR) is 76.3 cm³/mol. The van der Waals surface area contributed by atoms with Crippen molar-refractivity contribution < 1.29 is 9.53 Å². The summed E-state index contributed by atoms with van der Waals surface area (Å²) in [6.07, 6.45) is 8.44. The Morgan fingerprint density at radius 2 is 2.20 bits per heavy atom. The Morgan fingerprint density at radius 1 is 1.35 bits per heavy atom.